The van der Waals surface area contributed by atoms with Gasteiger partial charge in [-0.25, -0.2) is 9.67 Å². The summed E-state index contributed by atoms with van der Waals surface area (Å²) in [6.07, 6.45) is -2.49. The van der Waals surface area contributed by atoms with Gasteiger partial charge in [0.2, 0.25) is 5.88 Å². The Balaban J connectivity index is 1.82. The lowest BCUT2D eigenvalue weighted by Crippen LogP contribution is -2.06. The Morgan fingerprint density at radius 2 is 1.83 bits per heavy atom. The van der Waals surface area contributed by atoms with Gasteiger partial charge in [0, 0.05) is 6.20 Å². The van der Waals surface area contributed by atoms with Gasteiger partial charge in [0.15, 0.2) is 0 Å². The van der Waals surface area contributed by atoms with Crippen LogP contribution in [0.1, 0.15) is 5.56 Å². The monoisotopic (exact) mass is 340 g/mol. The minimum atomic E-state index is -4.53. The number of pyridine rings is 1. The fourth-order valence-corrected chi connectivity index (χ4v) is 1.95. The number of para-hydroxylation sites is 1. The minimum Gasteiger partial charge on any atom is -0.402 e. The topological polar surface area (TPSA) is 52.8 Å². The molecule has 3 rings (SSSR count). The van der Waals surface area contributed by atoms with Crippen molar-refractivity contribution in [3.63, 3.8) is 0 Å². The van der Waals surface area contributed by atoms with Crippen LogP contribution in [0.2, 0.25) is 5.02 Å². The van der Waals surface area contributed by atoms with Crippen molar-refractivity contribution < 1.29 is 17.9 Å². The molecule has 23 heavy (non-hydrogen) atoms. The molecule has 0 saturated carbocycles. The molecule has 0 N–H and O–H groups in total. The molecule has 0 saturated heterocycles. The van der Waals surface area contributed by atoms with Crippen LogP contribution in [0.5, 0.6) is 11.9 Å². The molecule has 0 amide bonds. The van der Waals surface area contributed by atoms with Crippen LogP contribution in [0.4, 0.5) is 13.2 Å². The van der Waals surface area contributed by atoms with Crippen LogP contribution in [0.25, 0.3) is 5.69 Å². The number of ether oxygens (including phenoxy) is 1. The second-order valence-electron chi connectivity index (χ2n) is 4.42. The Bertz CT molecular complexity index is 820. The summed E-state index contributed by atoms with van der Waals surface area (Å²) < 4.78 is 44.3. The standard InChI is InChI=1S/C14H8ClF3N4O/c15-11-6-9(14(16,17)18)7-19-12(11)23-13-20-8-22(21-13)10-4-2-1-3-5-10/h1-8H. The quantitative estimate of drug-likeness (QED) is 0.719. The van der Waals surface area contributed by atoms with Crippen molar-refractivity contribution in [1.82, 2.24) is 19.7 Å². The summed E-state index contributed by atoms with van der Waals surface area (Å²) in [5, 5.41) is 3.77. The predicted molar refractivity (Wildman–Crippen MR) is 75.7 cm³/mol. The fraction of sp³-hybridized carbons (Fsp3) is 0.0714. The van der Waals surface area contributed by atoms with E-state index >= 15 is 0 Å². The lowest BCUT2D eigenvalue weighted by atomic mass is 10.3. The third-order valence-corrected chi connectivity index (χ3v) is 3.09. The van der Waals surface area contributed by atoms with E-state index in [4.69, 9.17) is 16.3 Å². The lowest BCUT2D eigenvalue weighted by Gasteiger charge is -2.08. The number of halogens is 4. The number of alkyl halides is 3. The van der Waals surface area contributed by atoms with Gasteiger partial charge in [-0.2, -0.15) is 18.2 Å². The normalized spacial score (nSPS) is 11.5. The Kier molecular flexibility index (Phi) is 3.91. The summed E-state index contributed by atoms with van der Waals surface area (Å²) in [5.41, 5.74) is -0.209. The first kappa shape index (κ1) is 15.3. The smallest absolute Gasteiger partial charge is 0.402 e. The summed E-state index contributed by atoms with van der Waals surface area (Å²) in [5.74, 6) is -0.203. The average Bonchev–Trinajstić information content (AvgIpc) is 2.98. The number of rotatable bonds is 3. The van der Waals surface area contributed by atoms with E-state index in [0.717, 1.165) is 11.8 Å². The number of hydrogen-bond donors (Lipinski definition) is 0. The summed E-state index contributed by atoms with van der Waals surface area (Å²) >= 11 is 5.76. The second-order valence-corrected chi connectivity index (χ2v) is 4.83. The van der Waals surface area contributed by atoms with E-state index in [-0.39, 0.29) is 16.9 Å². The molecule has 118 valence electrons. The van der Waals surface area contributed by atoms with Gasteiger partial charge in [0.1, 0.15) is 11.3 Å². The average molecular weight is 341 g/mol. The summed E-state index contributed by atoms with van der Waals surface area (Å²) in [6, 6.07) is 9.77. The maximum atomic E-state index is 12.6. The zero-order valence-corrected chi connectivity index (χ0v) is 12.1. The highest BCUT2D eigenvalue weighted by molar-refractivity contribution is 6.31. The van der Waals surface area contributed by atoms with Gasteiger partial charge in [0.05, 0.1) is 11.3 Å². The Hall–Kier alpha value is -2.61. The molecule has 0 aliphatic carbocycles. The molecule has 3 aromatic rings. The molecule has 0 fully saturated rings. The first-order valence-electron chi connectivity index (χ1n) is 6.31. The van der Waals surface area contributed by atoms with E-state index in [2.05, 4.69) is 15.1 Å². The van der Waals surface area contributed by atoms with Gasteiger partial charge in [0.25, 0.3) is 0 Å². The highest BCUT2D eigenvalue weighted by atomic mass is 35.5. The van der Waals surface area contributed by atoms with E-state index in [9.17, 15) is 13.2 Å². The number of hydrogen-bond acceptors (Lipinski definition) is 4. The zero-order valence-electron chi connectivity index (χ0n) is 11.3. The van der Waals surface area contributed by atoms with Crippen LogP contribution >= 0.6 is 11.6 Å². The van der Waals surface area contributed by atoms with E-state index in [0.29, 0.717) is 6.20 Å². The summed E-state index contributed by atoms with van der Waals surface area (Å²) in [6.45, 7) is 0. The van der Waals surface area contributed by atoms with E-state index in [1.54, 1.807) is 0 Å². The highest BCUT2D eigenvalue weighted by Crippen LogP contribution is 2.34. The number of aromatic nitrogens is 4. The van der Waals surface area contributed by atoms with Crippen LogP contribution in [0.3, 0.4) is 0 Å². The van der Waals surface area contributed by atoms with Gasteiger partial charge >= 0.3 is 12.2 Å². The molecule has 0 unspecified atom stereocenters. The maximum Gasteiger partial charge on any atom is 0.417 e. The Morgan fingerprint density at radius 1 is 1.09 bits per heavy atom. The molecule has 9 heteroatoms. The molecule has 0 aliphatic rings. The second kappa shape index (κ2) is 5.88. The minimum absolute atomic E-state index is 0.0805. The van der Waals surface area contributed by atoms with Gasteiger partial charge in [-0.15, -0.1) is 5.10 Å². The van der Waals surface area contributed by atoms with Gasteiger partial charge < -0.3 is 4.74 Å². The van der Waals surface area contributed by atoms with Crippen molar-refractivity contribution in [2.45, 2.75) is 6.18 Å². The van der Waals surface area contributed by atoms with Crippen molar-refractivity contribution in [2.75, 3.05) is 0 Å². The largest absolute Gasteiger partial charge is 0.417 e. The molecule has 5 nitrogen and oxygen atoms in total. The van der Waals surface area contributed by atoms with Crippen LogP contribution < -0.4 is 4.74 Å². The van der Waals surface area contributed by atoms with Crippen LogP contribution in [-0.4, -0.2) is 19.7 Å². The van der Waals surface area contributed by atoms with Crippen molar-refractivity contribution in [3.05, 3.63) is 59.5 Å². The first-order valence-corrected chi connectivity index (χ1v) is 6.69. The molecular weight excluding hydrogens is 333 g/mol. The zero-order chi connectivity index (χ0) is 16.4. The molecule has 0 spiro atoms. The molecular formula is C14H8ClF3N4O. The molecule has 2 aromatic heterocycles. The van der Waals surface area contributed by atoms with Crippen LogP contribution in [0.15, 0.2) is 48.9 Å². The van der Waals surface area contributed by atoms with Crippen molar-refractivity contribution in [3.8, 4) is 17.6 Å². The van der Waals surface area contributed by atoms with E-state index in [1.165, 1.54) is 11.0 Å². The highest BCUT2D eigenvalue weighted by Gasteiger charge is 2.31. The fourth-order valence-electron chi connectivity index (χ4n) is 1.74. The summed E-state index contributed by atoms with van der Waals surface area (Å²) in [7, 11) is 0. The van der Waals surface area contributed by atoms with Crippen LogP contribution in [0, 0.1) is 0 Å². The van der Waals surface area contributed by atoms with Crippen molar-refractivity contribution >= 4 is 11.6 Å². The third kappa shape index (κ3) is 3.42. The lowest BCUT2D eigenvalue weighted by molar-refractivity contribution is -0.137. The number of nitrogens with zero attached hydrogens (tertiary/aromatic N) is 4. The molecule has 0 bridgehead atoms. The van der Waals surface area contributed by atoms with Crippen molar-refractivity contribution in [1.29, 1.82) is 0 Å². The molecule has 1 aromatic carbocycles. The Morgan fingerprint density at radius 3 is 2.48 bits per heavy atom. The first-order chi connectivity index (χ1) is 10.9. The molecule has 0 aliphatic heterocycles. The maximum absolute atomic E-state index is 12.6. The molecule has 0 radical (unpaired) electrons. The third-order valence-electron chi connectivity index (χ3n) is 2.81. The SMILES string of the molecule is FC(F)(F)c1cnc(Oc2ncn(-c3ccccc3)n2)c(Cl)c1. The predicted octanol–water partition coefficient (Wildman–Crippen LogP) is 4.13. The van der Waals surface area contributed by atoms with Gasteiger partial charge in [-0.1, -0.05) is 29.8 Å². The summed E-state index contributed by atoms with van der Waals surface area (Å²) in [4.78, 5) is 7.47. The molecule has 2 heterocycles. The van der Waals surface area contributed by atoms with Gasteiger partial charge in [-0.3, -0.25) is 0 Å². The van der Waals surface area contributed by atoms with Crippen LogP contribution in [-0.2, 0) is 6.18 Å². The molecule has 0 atom stereocenters. The number of benzene rings is 1. The van der Waals surface area contributed by atoms with Crippen molar-refractivity contribution in [2.24, 2.45) is 0 Å². The van der Waals surface area contributed by atoms with Gasteiger partial charge in [-0.05, 0) is 18.2 Å². The van der Waals surface area contributed by atoms with E-state index < -0.39 is 11.7 Å². The Labute approximate surface area is 133 Å². The van der Waals surface area contributed by atoms with E-state index in [1.807, 2.05) is 30.3 Å².